The number of para-hydroxylation sites is 2. The summed E-state index contributed by atoms with van der Waals surface area (Å²) in [6, 6.07) is 67.6. The van der Waals surface area contributed by atoms with Gasteiger partial charge in [0.25, 0.3) is 0 Å². The predicted molar refractivity (Wildman–Crippen MR) is 242 cm³/mol. The molecule has 2 aromatic heterocycles. The highest BCUT2D eigenvalue weighted by Crippen LogP contribution is 2.38. The van der Waals surface area contributed by atoms with E-state index in [-0.39, 0.29) is 0 Å². The second kappa shape index (κ2) is 16.1. The Kier molecular flexibility index (Phi) is 10.3. The van der Waals surface area contributed by atoms with Gasteiger partial charge in [-0.1, -0.05) is 167 Å². The molecule has 0 unspecified atom stereocenters. The third-order valence-electron chi connectivity index (χ3n) is 10.2. The summed E-state index contributed by atoms with van der Waals surface area (Å²) >= 11 is 0. The van der Waals surface area contributed by atoms with Gasteiger partial charge < -0.3 is 8.98 Å². The van der Waals surface area contributed by atoms with Gasteiger partial charge in [0.05, 0.1) is 11.0 Å². The zero-order valence-corrected chi connectivity index (χ0v) is 31.8. The molecule has 0 aliphatic carbocycles. The van der Waals surface area contributed by atoms with Crippen molar-refractivity contribution in [3.8, 4) is 50.2 Å². The van der Waals surface area contributed by atoms with Crippen molar-refractivity contribution >= 4 is 43.7 Å². The number of allylic oxidation sites excluding steroid dienone is 2. The van der Waals surface area contributed by atoms with Crippen LogP contribution in [0.3, 0.4) is 0 Å². The molecule has 8 aromatic carbocycles. The van der Waals surface area contributed by atoms with E-state index in [1.807, 2.05) is 26.0 Å². The van der Waals surface area contributed by atoms with E-state index in [1.54, 1.807) is 12.2 Å². The van der Waals surface area contributed by atoms with Crippen molar-refractivity contribution in [1.82, 2.24) is 4.57 Å². The molecule has 10 aromatic rings. The minimum Gasteiger partial charge on any atom is -0.456 e. The number of aromatic nitrogens is 1. The number of hydrogen-bond acceptors (Lipinski definition) is 1. The van der Waals surface area contributed by atoms with Gasteiger partial charge in [0.15, 0.2) is 0 Å². The molecule has 2 heterocycles. The smallest absolute Gasteiger partial charge is 0.135 e. The Morgan fingerprint density at radius 2 is 0.821 bits per heavy atom. The summed E-state index contributed by atoms with van der Waals surface area (Å²) in [4.78, 5) is 0. The topological polar surface area (TPSA) is 18.1 Å². The molecule has 0 atom stereocenters. The Balaban J connectivity index is 0.000000694. The van der Waals surface area contributed by atoms with E-state index in [4.69, 9.17) is 4.42 Å². The lowest BCUT2D eigenvalue weighted by atomic mass is 9.96. The lowest BCUT2D eigenvalue weighted by Gasteiger charge is -2.12. The van der Waals surface area contributed by atoms with Crippen LogP contribution in [-0.4, -0.2) is 4.57 Å². The first-order valence-electron chi connectivity index (χ1n) is 19.2. The third kappa shape index (κ3) is 6.85. The van der Waals surface area contributed by atoms with Gasteiger partial charge in [0, 0.05) is 27.2 Å². The summed E-state index contributed by atoms with van der Waals surface area (Å²) in [5, 5.41) is 4.77. The van der Waals surface area contributed by atoms with Gasteiger partial charge in [-0.05, 0) is 105 Å². The fraction of sp³-hybridized carbons (Fsp3) is 0.0370. The first-order valence-corrected chi connectivity index (χ1v) is 19.2. The minimum absolute atomic E-state index is 0.916. The molecule has 2 heteroatoms. The monoisotopic (exact) mass is 721 g/mol. The third-order valence-corrected chi connectivity index (χ3v) is 10.2. The Bertz CT molecular complexity index is 2970. The van der Waals surface area contributed by atoms with Crippen molar-refractivity contribution in [2.24, 2.45) is 0 Å². The largest absolute Gasteiger partial charge is 0.456 e. The van der Waals surface area contributed by atoms with E-state index in [2.05, 4.69) is 194 Å². The summed E-state index contributed by atoms with van der Waals surface area (Å²) in [6.45, 7) is 10.7. The summed E-state index contributed by atoms with van der Waals surface area (Å²) in [5.74, 6) is 0. The Morgan fingerprint density at radius 1 is 0.357 bits per heavy atom. The fourth-order valence-electron chi connectivity index (χ4n) is 7.55. The summed E-state index contributed by atoms with van der Waals surface area (Å²) < 4.78 is 8.51. The molecule has 0 aliphatic rings. The van der Waals surface area contributed by atoms with Crippen molar-refractivity contribution in [2.45, 2.75) is 13.8 Å². The minimum atomic E-state index is 0.916. The van der Waals surface area contributed by atoms with Crippen molar-refractivity contribution in [1.29, 1.82) is 0 Å². The summed E-state index contributed by atoms with van der Waals surface area (Å²) in [5.41, 5.74) is 15.0. The fourth-order valence-corrected chi connectivity index (χ4v) is 7.55. The maximum absolute atomic E-state index is 6.11. The van der Waals surface area contributed by atoms with E-state index >= 15 is 0 Å². The first kappa shape index (κ1) is 35.8. The van der Waals surface area contributed by atoms with Crippen molar-refractivity contribution < 1.29 is 4.42 Å². The molecule has 0 amide bonds. The zero-order chi connectivity index (χ0) is 38.4. The molecule has 0 N–H and O–H groups in total. The van der Waals surface area contributed by atoms with E-state index in [0.29, 0.717) is 0 Å². The molecule has 0 saturated heterocycles. The molecule has 10 rings (SSSR count). The molecule has 270 valence electrons. The lowest BCUT2D eigenvalue weighted by molar-refractivity contribution is 0.669. The first-order chi connectivity index (χ1) is 27.7. The average Bonchev–Trinajstić information content (AvgIpc) is 3.83. The number of benzene rings is 8. The number of nitrogens with zero attached hydrogens (tertiary/aromatic N) is 1. The van der Waals surface area contributed by atoms with Gasteiger partial charge in [0.2, 0.25) is 0 Å². The predicted octanol–water partition coefficient (Wildman–Crippen LogP) is 15.7. The van der Waals surface area contributed by atoms with Crippen molar-refractivity contribution in [2.75, 3.05) is 0 Å². The van der Waals surface area contributed by atoms with Crippen LogP contribution in [0.25, 0.3) is 93.9 Å². The molecule has 2 nitrogen and oxygen atoms in total. The summed E-state index contributed by atoms with van der Waals surface area (Å²) in [6.07, 6.45) is 3.28. The van der Waals surface area contributed by atoms with Gasteiger partial charge in [-0.15, -0.1) is 0 Å². The van der Waals surface area contributed by atoms with Crippen LogP contribution in [-0.2, 0) is 0 Å². The highest BCUT2D eigenvalue weighted by atomic mass is 16.3. The maximum Gasteiger partial charge on any atom is 0.135 e. The Labute approximate surface area is 328 Å². The molecule has 56 heavy (non-hydrogen) atoms. The zero-order valence-electron chi connectivity index (χ0n) is 31.8. The van der Waals surface area contributed by atoms with Crippen molar-refractivity contribution in [3.63, 3.8) is 0 Å². The molecule has 0 fully saturated rings. The van der Waals surface area contributed by atoms with Gasteiger partial charge >= 0.3 is 0 Å². The van der Waals surface area contributed by atoms with Crippen molar-refractivity contribution in [3.05, 3.63) is 213 Å². The van der Waals surface area contributed by atoms with Crippen LogP contribution in [0, 0.1) is 0 Å². The van der Waals surface area contributed by atoms with Crippen LogP contribution >= 0.6 is 0 Å². The molecular weight excluding hydrogens is 679 g/mol. The maximum atomic E-state index is 6.11. The van der Waals surface area contributed by atoms with Crippen LogP contribution in [0.4, 0.5) is 0 Å². The highest BCUT2D eigenvalue weighted by molar-refractivity contribution is 6.11. The molecule has 0 bridgehead atoms. The number of furan rings is 1. The van der Waals surface area contributed by atoms with Gasteiger partial charge in [-0.2, -0.15) is 0 Å². The van der Waals surface area contributed by atoms with Crippen LogP contribution in [0.15, 0.2) is 218 Å². The Morgan fingerprint density at radius 3 is 1.50 bits per heavy atom. The molecular formula is C54H43NO. The molecule has 0 spiro atoms. The number of rotatable bonds is 6. The Hall–Kier alpha value is -7.16. The summed E-state index contributed by atoms with van der Waals surface area (Å²) in [7, 11) is 0. The molecule has 0 aliphatic heterocycles. The average molecular weight is 722 g/mol. The molecule has 0 saturated carbocycles. The second-order valence-electron chi connectivity index (χ2n) is 13.4. The standard InChI is InChI=1S/C48H31NO.C4H6.C2H6/c1-2-11-32(12-3-1)33-13-8-14-34(27-33)35-15-9-16-36(28-35)37-17-10-18-40(29-37)49-45-21-6-4-19-41(45)43-30-38(23-25-46(43)49)39-24-26-48-44(31-39)42-20-5-7-22-47(42)50-48;1-3-4-2;1-2/h1-31H;3-4H,1-2H2;1-2H3. The second-order valence-corrected chi connectivity index (χ2v) is 13.4. The van der Waals surface area contributed by atoms with Crippen LogP contribution in [0.1, 0.15) is 13.8 Å². The number of hydrogen-bond donors (Lipinski definition) is 0. The highest BCUT2D eigenvalue weighted by Gasteiger charge is 2.15. The van der Waals surface area contributed by atoms with Crippen LogP contribution in [0.5, 0.6) is 0 Å². The molecule has 0 radical (unpaired) electrons. The van der Waals surface area contributed by atoms with Crippen LogP contribution < -0.4 is 0 Å². The van der Waals surface area contributed by atoms with E-state index in [0.717, 1.165) is 27.6 Å². The van der Waals surface area contributed by atoms with E-state index in [1.165, 1.54) is 66.3 Å². The van der Waals surface area contributed by atoms with Gasteiger partial charge in [-0.3, -0.25) is 0 Å². The lowest BCUT2D eigenvalue weighted by Crippen LogP contribution is -1.94. The van der Waals surface area contributed by atoms with Crippen LogP contribution in [0.2, 0.25) is 0 Å². The van der Waals surface area contributed by atoms with E-state index < -0.39 is 0 Å². The van der Waals surface area contributed by atoms with Gasteiger partial charge in [0.1, 0.15) is 11.2 Å². The van der Waals surface area contributed by atoms with E-state index in [9.17, 15) is 0 Å². The SMILES string of the molecule is C=CC=C.CC.c1ccc(-c2cccc(-c3cccc(-c4cccc(-n5c6ccccc6c6cc(-c7ccc8oc9ccccc9c8c7)ccc65)c4)c3)c2)cc1. The van der Waals surface area contributed by atoms with Gasteiger partial charge in [-0.25, -0.2) is 0 Å². The normalized spacial score (nSPS) is 10.8. The number of fused-ring (bicyclic) bond motifs is 6. The quantitative estimate of drug-likeness (QED) is 0.156.